The summed E-state index contributed by atoms with van der Waals surface area (Å²) in [5.41, 5.74) is 0. The zero-order valence-electron chi connectivity index (χ0n) is 11.3. The molecule has 2 heteroatoms. The van der Waals surface area contributed by atoms with Gasteiger partial charge in [-0.25, -0.2) is 0 Å². The first-order valence-electron chi connectivity index (χ1n) is 6.46. The topological polar surface area (TPSA) is 0 Å². The minimum atomic E-state index is -1.04. The van der Waals surface area contributed by atoms with Gasteiger partial charge in [0.05, 0.1) is 16.1 Å². The molecule has 0 saturated heterocycles. The molecule has 0 N–H and O–H groups in total. The van der Waals surface area contributed by atoms with Gasteiger partial charge >= 0.3 is 0 Å². The first-order chi connectivity index (χ1) is 6.71. The van der Waals surface area contributed by atoms with E-state index in [1.807, 2.05) is 10.4 Å². The van der Waals surface area contributed by atoms with Gasteiger partial charge in [0.1, 0.15) is 0 Å². The van der Waals surface area contributed by atoms with Gasteiger partial charge in [-0.05, 0) is 31.1 Å². The van der Waals surface area contributed by atoms with Gasteiger partial charge in [0.25, 0.3) is 0 Å². The number of fused-ring (bicyclic) bond motifs is 2. The normalized spacial score (nSPS) is 31.6. The van der Waals surface area contributed by atoms with Crippen LogP contribution in [-0.2, 0) is 0 Å². The lowest BCUT2D eigenvalue weighted by atomic mass is 10.1. The van der Waals surface area contributed by atoms with Crippen molar-refractivity contribution < 1.29 is 0 Å². The number of hydrogen-bond acceptors (Lipinski definition) is 0. The van der Waals surface area contributed by atoms with Crippen molar-refractivity contribution >= 4 is 16.1 Å². The van der Waals surface area contributed by atoms with Crippen LogP contribution >= 0.6 is 0 Å². The molecular weight excluding hydrogens is 212 g/mol. The maximum atomic E-state index is 2.56. The zero-order chi connectivity index (χ0) is 11.4. The summed E-state index contributed by atoms with van der Waals surface area (Å²) in [5, 5.41) is 4.02. The molecule has 2 atom stereocenters. The van der Waals surface area contributed by atoms with Crippen LogP contribution < -0.4 is 0 Å². The Bertz CT molecular complexity index is 271. The zero-order valence-corrected chi connectivity index (χ0v) is 13.3. The Kier molecular flexibility index (Phi) is 2.59. The fourth-order valence-corrected chi connectivity index (χ4v) is 11.2. The summed E-state index contributed by atoms with van der Waals surface area (Å²) in [5.74, 6) is 2.03. The first kappa shape index (κ1) is 11.7. The van der Waals surface area contributed by atoms with Gasteiger partial charge < -0.3 is 0 Å². The Balaban J connectivity index is 2.49. The van der Waals surface area contributed by atoms with E-state index in [1.165, 1.54) is 19.3 Å². The third-order valence-electron chi connectivity index (χ3n) is 4.16. The molecule has 0 aromatic carbocycles. The van der Waals surface area contributed by atoms with E-state index in [0.717, 1.165) is 11.8 Å². The molecule has 1 saturated carbocycles. The standard InChI is InChI=1S/C13H26Si2/c1-14(2,3)12-10-7-8-11(9-10)13(12)15(4,5)6/h10-11H,7-9H2,1-6H3. The van der Waals surface area contributed by atoms with Gasteiger partial charge in [0, 0.05) is 0 Å². The van der Waals surface area contributed by atoms with E-state index in [9.17, 15) is 0 Å². The lowest BCUT2D eigenvalue weighted by Gasteiger charge is -2.34. The molecule has 0 radical (unpaired) electrons. The molecule has 2 aliphatic carbocycles. The van der Waals surface area contributed by atoms with Crippen LogP contribution in [0.1, 0.15) is 19.3 Å². The number of allylic oxidation sites excluding steroid dienone is 2. The molecule has 15 heavy (non-hydrogen) atoms. The minimum Gasteiger partial charge on any atom is -0.0822 e. The van der Waals surface area contributed by atoms with Gasteiger partial charge in [-0.1, -0.05) is 49.7 Å². The van der Waals surface area contributed by atoms with E-state index in [2.05, 4.69) is 39.3 Å². The van der Waals surface area contributed by atoms with E-state index >= 15 is 0 Å². The molecule has 1 fully saturated rings. The van der Waals surface area contributed by atoms with Crippen LogP contribution in [0.25, 0.3) is 0 Å². The van der Waals surface area contributed by atoms with Crippen molar-refractivity contribution in [3.05, 3.63) is 10.4 Å². The average molecular weight is 239 g/mol. The van der Waals surface area contributed by atoms with Crippen molar-refractivity contribution in [2.24, 2.45) is 11.8 Å². The molecule has 2 bridgehead atoms. The van der Waals surface area contributed by atoms with Crippen molar-refractivity contribution in [1.82, 2.24) is 0 Å². The highest BCUT2D eigenvalue weighted by atomic mass is 28.3. The van der Waals surface area contributed by atoms with Crippen LogP contribution in [0.4, 0.5) is 0 Å². The van der Waals surface area contributed by atoms with Crippen LogP contribution in [0.3, 0.4) is 0 Å². The molecule has 0 nitrogen and oxygen atoms in total. The van der Waals surface area contributed by atoms with E-state index in [4.69, 9.17) is 0 Å². The van der Waals surface area contributed by atoms with E-state index in [0.29, 0.717) is 0 Å². The third-order valence-corrected chi connectivity index (χ3v) is 8.99. The Labute approximate surface area is 97.2 Å². The van der Waals surface area contributed by atoms with Gasteiger partial charge in [-0.2, -0.15) is 0 Å². The second-order valence-electron chi connectivity index (χ2n) is 7.53. The maximum absolute atomic E-state index is 2.56. The molecule has 2 rings (SSSR count). The highest BCUT2D eigenvalue weighted by Crippen LogP contribution is 2.53. The SMILES string of the molecule is C[Si](C)(C)C1=C([Si](C)(C)C)C2CCC1C2. The molecule has 0 spiro atoms. The average Bonchev–Trinajstić information content (AvgIpc) is 2.56. The smallest absolute Gasteiger partial charge is 0.0722 e. The molecule has 2 aliphatic rings. The summed E-state index contributed by atoms with van der Waals surface area (Å²) in [4.78, 5) is 0. The highest BCUT2D eigenvalue weighted by Gasteiger charge is 2.46. The van der Waals surface area contributed by atoms with Gasteiger partial charge in [0.15, 0.2) is 0 Å². The number of rotatable bonds is 2. The molecule has 0 aromatic heterocycles. The lowest BCUT2D eigenvalue weighted by molar-refractivity contribution is 0.678. The van der Waals surface area contributed by atoms with Crippen LogP contribution in [0.2, 0.25) is 39.3 Å². The van der Waals surface area contributed by atoms with Crippen molar-refractivity contribution in [3.8, 4) is 0 Å². The predicted molar refractivity (Wildman–Crippen MR) is 74.5 cm³/mol. The maximum Gasteiger partial charge on any atom is 0.0722 e. The summed E-state index contributed by atoms with van der Waals surface area (Å²) in [6, 6.07) is 0. The molecule has 0 aliphatic heterocycles. The van der Waals surface area contributed by atoms with E-state index in [-0.39, 0.29) is 0 Å². The summed E-state index contributed by atoms with van der Waals surface area (Å²) in [6.07, 6.45) is 4.55. The highest BCUT2D eigenvalue weighted by molar-refractivity contribution is 6.89. The van der Waals surface area contributed by atoms with E-state index < -0.39 is 16.1 Å². The minimum absolute atomic E-state index is 1.02. The van der Waals surface area contributed by atoms with Crippen LogP contribution in [-0.4, -0.2) is 16.1 Å². The van der Waals surface area contributed by atoms with Gasteiger partial charge in [0.2, 0.25) is 0 Å². The van der Waals surface area contributed by atoms with Crippen LogP contribution in [0.5, 0.6) is 0 Å². The third kappa shape index (κ3) is 1.91. The summed E-state index contributed by atoms with van der Waals surface area (Å²) in [7, 11) is -2.07. The summed E-state index contributed by atoms with van der Waals surface area (Å²) in [6.45, 7) is 15.4. The first-order valence-corrected chi connectivity index (χ1v) is 13.5. The van der Waals surface area contributed by atoms with Crippen molar-refractivity contribution in [2.45, 2.75) is 58.5 Å². The Morgan fingerprint density at radius 1 is 0.733 bits per heavy atom. The Morgan fingerprint density at radius 3 is 1.33 bits per heavy atom. The Hall–Kier alpha value is 0.174. The second kappa shape index (κ2) is 3.33. The monoisotopic (exact) mass is 238 g/mol. The van der Waals surface area contributed by atoms with E-state index in [1.54, 1.807) is 0 Å². The summed E-state index contributed by atoms with van der Waals surface area (Å²) < 4.78 is 0. The van der Waals surface area contributed by atoms with Crippen LogP contribution in [0.15, 0.2) is 10.4 Å². The fourth-order valence-electron chi connectivity index (χ4n) is 3.98. The van der Waals surface area contributed by atoms with Crippen molar-refractivity contribution in [2.75, 3.05) is 0 Å². The number of hydrogen-bond donors (Lipinski definition) is 0. The molecular formula is C13H26Si2. The van der Waals surface area contributed by atoms with Crippen molar-refractivity contribution in [3.63, 3.8) is 0 Å². The van der Waals surface area contributed by atoms with Crippen molar-refractivity contribution in [1.29, 1.82) is 0 Å². The molecule has 0 amide bonds. The van der Waals surface area contributed by atoms with Crippen LogP contribution in [0, 0.1) is 11.8 Å². The fraction of sp³-hybridized carbons (Fsp3) is 0.846. The predicted octanol–water partition coefficient (Wildman–Crippen LogP) is 4.47. The Morgan fingerprint density at radius 2 is 1.07 bits per heavy atom. The molecule has 86 valence electrons. The largest absolute Gasteiger partial charge is 0.0822 e. The molecule has 0 aromatic rings. The molecule has 2 unspecified atom stereocenters. The molecule has 0 heterocycles. The lowest BCUT2D eigenvalue weighted by Crippen LogP contribution is -2.36. The second-order valence-corrected chi connectivity index (χ2v) is 17.6. The summed E-state index contributed by atoms with van der Waals surface area (Å²) >= 11 is 0. The van der Waals surface area contributed by atoms with Gasteiger partial charge in [-0.15, -0.1) is 0 Å². The van der Waals surface area contributed by atoms with Gasteiger partial charge in [-0.3, -0.25) is 0 Å². The quantitative estimate of drug-likeness (QED) is 0.623.